The number of carbonyl (C=O) groups excluding carboxylic acids is 2. The van der Waals surface area contributed by atoms with Gasteiger partial charge in [-0.1, -0.05) is 81.4 Å². The minimum absolute atomic E-state index is 0.00271. The summed E-state index contributed by atoms with van der Waals surface area (Å²) >= 11 is 0. The number of amides is 2. The van der Waals surface area contributed by atoms with Gasteiger partial charge in [-0.3, -0.25) is 9.59 Å². The summed E-state index contributed by atoms with van der Waals surface area (Å²) in [6.07, 6.45) is 6.65. The fraction of sp³-hybridized carbons (Fsp3) is 0.364. The number of aromatic amines is 2. The maximum atomic E-state index is 13.6. The molecule has 8 heteroatoms. The van der Waals surface area contributed by atoms with Crippen LogP contribution >= 0.6 is 0 Å². The van der Waals surface area contributed by atoms with Gasteiger partial charge in [0, 0.05) is 30.8 Å². The molecule has 8 nitrogen and oxygen atoms in total. The summed E-state index contributed by atoms with van der Waals surface area (Å²) < 4.78 is 0. The van der Waals surface area contributed by atoms with Crippen molar-refractivity contribution in [2.24, 2.45) is 11.8 Å². The van der Waals surface area contributed by atoms with Gasteiger partial charge in [-0.05, 0) is 96.7 Å². The van der Waals surface area contributed by atoms with Crippen LogP contribution in [0.5, 0.6) is 0 Å². The van der Waals surface area contributed by atoms with Crippen LogP contribution in [0.4, 0.5) is 0 Å². The first-order valence-corrected chi connectivity index (χ1v) is 19.0. The smallest absolute Gasteiger partial charge is 0.230 e. The highest BCUT2D eigenvalue weighted by Gasteiger charge is 2.36. The van der Waals surface area contributed by atoms with E-state index in [2.05, 4.69) is 90.2 Å². The van der Waals surface area contributed by atoms with Crippen LogP contribution in [0.25, 0.3) is 44.2 Å². The number of hydrogen-bond donors (Lipinski definition) is 2. The molecule has 4 aromatic carbocycles. The van der Waals surface area contributed by atoms with Crippen molar-refractivity contribution in [3.05, 3.63) is 108 Å². The topological polar surface area (TPSA) is 98.0 Å². The number of imidazole rings is 2. The van der Waals surface area contributed by atoms with E-state index in [1.54, 1.807) is 0 Å². The van der Waals surface area contributed by atoms with Crippen LogP contribution in [-0.4, -0.2) is 54.6 Å². The Labute approximate surface area is 305 Å². The van der Waals surface area contributed by atoms with E-state index in [0.717, 1.165) is 107 Å². The summed E-state index contributed by atoms with van der Waals surface area (Å²) in [7, 11) is 0. The van der Waals surface area contributed by atoms with Crippen LogP contribution < -0.4 is 0 Å². The first kappa shape index (κ1) is 33.9. The predicted molar refractivity (Wildman–Crippen MR) is 207 cm³/mol. The predicted octanol–water partition coefficient (Wildman–Crippen LogP) is 9.59. The van der Waals surface area contributed by atoms with Gasteiger partial charge in [0.2, 0.25) is 11.8 Å². The summed E-state index contributed by atoms with van der Waals surface area (Å²) in [5, 5.41) is 2.30. The van der Waals surface area contributed by atoms with Crippen molar-refractivity contribution in [2.45, 2.75) is 77.8 Å². The van der Waals surface area contributed by atoms with Gasteiger partial charge in [0.15, 0.2) is 0 Å². The molecule has 0 saturated carbocycles. The summed E-state index contributed by atoms with van der Waals surface area (Å²) in [5.41, 5.74) is 7.10. The molecule has 2 saturated heterocycles. The second-order valence-electron chi connectivity index (χ2n) is 15.1. The molecular weight excluding hydrogens is 645 g/mol. The van der Waals surface area contributed by atoms with Crippen molar-refractivity contribution in [1.82, 2.24) is 29.7 Å². The SMILES string of the molecule is CC[C@H](C(=O)N1CCC[C@H]1c1nc(-c2ccc3cc(-c4ccc5[nH]c([C@@H]6CCCN6C(=O)[C@H](C)c6ccccc6)nc5c4)ccc3c2)c[nH]1)C(C)C. The Morgan fingerprint density at radius 3 is 2.10 bits per heavy atom. The van der Waals surface area contributed by atoms with E-state index in [9.17, 15) is 9.59 Å². The number of hydrogen-bond acceptors (Lipinski definition) is 4. The van der Waals surface area contributed by atoms with Crippen molar-refractivity contribution < 1.29 is 9.59 Å². The number of fused-ring (bicyclic) bond motifs is 2. The molecule has 6 aromatic rings. The zero-order valence-corrected chi connectivity index (χ0v) is 30.6. The molecule has 8 rings (SSSR count). The largest absolute Gasteiger partial charge is 0.346 e. The molecule has 52 heavy (non-hydrogen) atoms. The third kappa shape index (κ3) is 6.29. The molecule has 2 N–H and O–H groups in total. The molecule has 266 valence electrons. The minimum atomic E-state index is -0.193. The van der Waals surface area contributed by atoms with E-state index in [1.807, 2.05) is 48.4 Å². The van der Waals surface area contributed by atoms with Crippen LogP contribution in [-0.2, 0) is 9.59 Å². The fourth-order valence-electron chi connectivity index (χ4n) is 8.51. The second kappa shape index (κ2) is 14.1. The van der Waals surface area contributed by atoms with Crippen molar-refractivity contribution >= 4 is 33.6 Å². The standard InChI is InChI=1S/C44H48N6O2/c1-5-35(27(2)3)44(52)50-22-9-13-39(50)41-45-26-38(48-41)34-18-17-30-23-31(15-16-32(30)24-34)33-19-20-36-37(25-33)47-42(46-36)40-14-10-21-49(40)43(51)28(4)29-11-7-6-8-12-29/h6-8,11-12,15-20,23-28,35,39-40H,5,9-10,13-14,21-22H2,1-4H3,(H,45,48)(H,46,47)/t28-,35+,39+,40+/m1/s1. The second-order valence-corrected chi connectivity index (χ2v) is 15.1. The summed E-state index contributed by atoms with van der Waals surface area (Å²) in [6, 6.07) is 29.4. The van der Waals surface area contributed by atoms with Crippen molar-refractivity contribution in [2.75, 3.05) is 13.1 Å². The van der Waals surface area contributed by atoms with E-state index in [0.29, 0.717) is 5.92 Å². The van der Waals surface area contributed by atoms with Gasteiger partial charge in [0.05, 0.1) is 34.7 Å². The molecule has 2 aliphatic heterocycles. The van der Waals surface area contributed by atoms with E-state index < -0.39 is 0 Å². The molecular formula is C44H48N6O2. The number of nitrogens with one attached hydrogen (secondary N) is 2. The highest BCUT2D eigenvalue weighted by Crippen LogP contribution is 2.37. The molecule has 2 aromatic heterocycles. The lowest BCUT2D eigenvalue weighted by atomic mass is 9.91. The monoisotopic (exact) mass is 692 g/mol. The lowest BCUT2D eigenvalue weighted by Gasteiger charge is -2.29. The Morgan fingerprint density at radius 1 is 0.750 bits per heavy atom. The Hall–Kier alpha value is -5.24. The average molecular weight is 693 g/mol. The molecule has 0 radical (unpaired) electrons. The summed E-state index contributed by atoms with van der Waals surface area (Å²) in [6.45, 7) is 9.94. The Morgan fingerprint density at radius 2 is 1.38 bits per heavy atom. The number of H-pyrrole nitrogens is 2. The highest BCUT2D eigenvalue weighted by molar-refractivity contribution is 5.92. The maximum Gasteiger partial charge on any atom is 0.230 e. The highest BCUT2D eigenvalue weighted by atomic mass is 16.2. The van der Waals surface area contributed by atoms with Gasteiger partial charge in [-0.2, -0.15) is 0 Å². The van der Waals surface area contributed by atoms with Crippen LogP contribution in [0.2, 0.25) is 0 Å². The lowest BCUT2D eigenvalue weighted by molar-refractivity contribution is -0.138. The van der Waals surface area contributed by atoms with Gasteiger partial charge < -0.3 is 19.8 Å². The van der Waals surface area contributed by atoms with E-state index in [1.165, 1.54) is 0 Å². The molecule has 4 atom stereocenters. The molecule has 0 bridgehead atoms. The number of carbonyl (C=O) groups is 2. The van der Waals surface area contributed by atoms with Crippen LogP contribution in [0.3, 0.4) is 0 Å². The maximum absolute atomic E-state index is 13.6. The van der Waals surface area contributed by atoms with Gasteiger partial charge >= 0.3 is 0 Å². The average Bonchev–Trinajstić information content (AvgIpc) is 4.00. The van der Waals surface area contributed by atoms with Gasteiger partial charge in [0.1, 0.15) is 11.6 Å². The van der Waals surface area contributed by atoms with Crippen molar-refractivity contribution in [3.63, 3.8) is 0 Å². The van der Waals surface area contributed by atoms with Crippen molar-refractivity contribution in [3.8, 4) is 22.4 Å². The molecule has 0 aliphatic carbocycles. The van der Waals surface area contributed by atoms with E-state index in [-0.39, 0.29) is 35.7 Å². The number of nitrogens with zero attached hydrogens (tertiary/aromatic N) is 4. The molecule has 0 spiro atoms. The summed E-state index contributed by atoms with van der Waals surface area (Å²) in [4.78, 5) is 48.1. The van der Waals surface area contributed by atoms with Gasteiger partial charge in [-0.15, -0.1) is 0 Å². The van der Waals surface area contributed by atoms with Gasteiger partial charge in [-0.25, -0.2) is 9.97 Å². The first-order chi connectivity index (χ1) is 25.3. The van der Waals surface area contributed by atoms with Crippen LogP contribution in [0.1, 0.15) is 95.0 Å². The third-order valence-corrected chi connectivity index (χ3v) is 11.5. The lowest BCUT2D eigenvalue weighted by Crippen LogP contribution is -2.37. The normalized spacial score (nSPS) is 18.9. The zero-order valence-electron chi connectivity index (χ0n) is 30.6. The quantitative estimate of drug-likeness (QED) is 0.158. The van der Waals surface area contributed by atoms with Gasteiger partial charge in [0.25, 0.3) is 0 Å². The minimum Gasteiger partial charge on any atom is -0.346 e. The Bertz CT molecular complexity index is 2240. The van der Waals surface area contributed by atoms with E-state index >= 15 is 0 Å². The molecule has 2 amide bonds. The molecule has 2 aliphatic rings. The Balaban J connectivity index is 0.996. The number of aromatic nitrogens is 4. The zero-order chi connectivity index (χ0) is 35.9. The van der Waals surface area contributed by atoms with Crippen LogP contribution in [0.15, 0.2) is 91.1 Å². The number of likely N-dealkylation sites (tertiary alicyclic amines) is 2. The number of benzene rings is 4. The molecule has 0 unspecified atom stereocenters. The number of rotatable bonds is 9. The van der Waals surface area contributed by atoms with E-state index in [4.69, 9.17) is 9.97 Å². The third-order valence-electron chi connectivity index (χ3n) is 11.5. The first-order valence-electron chi connectivity index (χ1n) is 19.0. The summed E-state index contributed by atoms with van der Waals surface area (Å²) in [5.74, 6) is 2.33. The fourth-order valence-corrected chi connectivity index (χ4v) is 8.51. The molecule has 2 fully saturated rings. The van der Waals surface area contributed by atoms with Crippen molar-refractivity contribution in [1.29, 1.82) is 0 Å². The Kier molecular flexibility index (Phi) is 9.16. The van der Waals surface area contributed by atoms with Crippen LogP contribution in [0, 0.1) is 11.8 Å². The molecule has 4 heterocycles.